The number of amides is 1. The van der Waals surface area contributed by atoms with Crippen molar-refractivity contribution in [3.63, 3.8) is 0 Å². The summed E-state index contributed by atoms with van der Waals surface area (Å²) in [4.78, 5) is 12.2. The number of aryl methyl sites for hydroxylation is 2. The molecular weight excluding hydrogens is 277 g/mol. The molecule has 9 heteroatoms. The van der Waals surface area contributed by atoms with Crippen molar-refractivity contribution < 1.29 is 23.1 Å². The third-order valence-electron chi connectivity index (χ3n) is 2.99. The average Bonchev–Trinajstić information content (AvgIpc) is 2.77. The molecule has 0 radical (unpaired) electrons. The molecule has 6 nitrogen and oxygen atoms in total. The number of aliphatic hydroxyl groups is 1. The quantitative estimate of drug-likeness (QED) is 0.845. The SMILES string of the molecule is CC1=NN(C(=O)c2cc(C)nn2C)[C@](O)(C(F)(F)F)C1. The van der Waals surface area contributed by atoms with Crippen LogP contribution < -0.4 is 0 Å². The van der Waals surface area contributed by atoms with Crippen molar-refractivity contribution in [2.75, 3.05) is 0 Å². The molecule has 0 bridgehead atoms. The molecular formula is C11H13F3N4O2. The monoisotopic (exact) mass is 290 g/mol. The normalized spacial score (nSPS) is 23.1. The van der Waals surface area contributed by atoms with Crippen LogP contribution in [0.3, 0.4) is 0 Å². The number of carbonyl (C=O) groups excluding carboxylic acids is 1. The summed E-state index contributed by atoms with van der Waals surface area (Å²) in [5, 5.41) is 17.3. The Labute approximate surface area is 112 Å². The summed E-state index contributed by atoms with van der Waals surface area (Å²) in [6.45, 7) is 2.92. The van der Waals surface area contributed by atoms with Crippen molar-refractivity contribution in [3.8, 4) is 0 Å². The summed E-state index contributed by atoms with van der Waals surface area (Å²) in [6, 6.07) is 1.34. The first-order chi connectivity index (χ1) is 9.06. The summed E-state index contributed by atoms with van der Waals surface area (Å²) >= 11 is 0. The minimum absolute atomic E-state index is 0.0251. The fraction of sp³-hybridized carbons (Fsp3) is 0.545. The van der Waals surface area contributed by atoms with E-state index >= 15 is 0 Å². The zero-order valence-electron chi connectivity index (χ0n) is 11.1. The van der Waals surface area contributed by atoms with E-state index in [9.17, 15) is 23.1 Å². The van der Waals surface area contributed by atoms with Crippen molar-refractivity contribution >= 4 is 11.6 Å². The molecule has 0 aromatic carbocycles. The molecule has 0 saturated carbocycles. The molecule has 2 rings (SSSR count). The molecule has 0 spiro atoms. The van der Waals surface area contributed by atoms with Crippen LogP contribution in [0.1, 0.15) is 29.5 Å². The van der Waals surface area contributed by atoms with Gasteiger partial charge in [-0.3, -0.25) is 9.48 Å². The molecule has 1 amide bonds. The van der Waals surface area contributed by atoms with Crippen molar-refractivity contribution in [3.05, 3.63) is 17.5 Å². The van der Waals surface area contributed by atoms with Gasteiger partial charge in [-0.05, 0) is 19.9 Å². The molecule has 1 N–H and O–H groups in total. The van der Waals surface area contributed by atoms with E-state index in [1.807, 2.05) is 0 Å². The molecule has 2 heterocycles. The zero-order valence-corrected chi connectivity index (χ0v) is 11.1. The molecule has 0 saturated heterocycles. The second-order valence-corrected chi connectivity index (χ2v) is 4.74. The van der Waals surface area contributed by atoms with Crippen LogP contribution in [0.4, 0.5) is 13.2 Å². The predicted octanol–water partition coefficient (Wildman–Crippen LogP) is 1.20. The summed E-state index contributed by atoms with van der Waals surface area (Å²) in [7, 11) is 1.43. The van der Waals surface area contributed by atoms with E-state index in [1.165, 1.54) is 20.0 Å². The number of alkyl halides is 3. The Morgan fingerprint density at radius 3 is 2.50 bits per heavy atom. The summed E-state index contributed by atoms with van der Waals surface area (Å²) < 4.78 is 40.2. The van der Waals surface area contributed by atoms with Crippen LogP contribution in [0.25, 0.3) is 0 Å². The lowest BCUT2D eigenvalue weighted by Gasteiger charge is -2.32. The maximum Gasteiger partial charge on any atom is 0.438 e. The van der Waals surface area contributed by atoms with Crippen molar-refractivity contribution in [2.24, 2.45) is 12.1 Å². The van der Waals surface area contributed by atoms with Gasteiger partial charge in [-0.1, -0.05) is 0 Å². The van der Waals surface area contributed by atoms with Gasteiger partial charge in [0, 0.05) is 19.2 Å². The van der Waals surface area contributed by atoms with Gasteiger partial charge in [0.15, 0.2) is 0 Å². The van der Waals surface area contributed by atoms with E-state index in [0.29, 0.717) is 5.69 Å². The average molecular weight is 290 g/mol. The first-order valence-corrected chi connectivity index (χ1v) is 5.74. The first-order valence-electron chi connectivity index (χ1n) is 5.74. The summed E-state index contributed by atoms with van der Waals surface area (Å²) in [5.74, 6) is -1.05. The van der Waals surface area contributed by atoms with Crippen LogP contribution in [-0.2, 0) is 7.05 Å². The van der Waals surface area contributed by atoms with Gasteiger partial charge in [-0.25, -0.2) is 0 Å². The van der Waals surface area contributed by atoms with Crippen LogP contribution in [0.2, 0.25) is 0 Å². The van der Waals surface area contributed by atoms with E-state index < -0.39 is 24.2 Å². The lowest BCUT2D eigenvalue weighted by atomic mass is 10.1. The molecule has 0 unspecified atom stereocenters. The minimum atomic E-state index is -5.00. The number of rotatable bonds is 1. The molecule has 110 valence electrons. The molecule has 1 atom stereocenters. The number of hydrazone groups is 1. The molecule has 20 heavy (non-hydrogen) atoms. The van der Waals surface area contributed by atoms with Crippen LogP contribution >= 0.6 is 0 Å². The lowest BCUT2D eigenvalue weighted by Crippen LogP contribution is -2.56. The maximum absolute atomic E-state index is 13.0. The predicted molar refractivity (Wildman–Crippen MR) is 62.8 cm³/mol. The van der Waals surface area contributed by atoms with Gasteiger partial charge in [0.05, 0.1) is 5.69 Å². The number of carbonyl (C=O) groups is 1. The fourth-order valence-corrected chi connectivity index (χ4v) is 2.07. The van der Waals surface area contributed by atoms with E-state index in [2.05, 4.69) is 10.2 Å². The Morgan fingerprint density at radius 1 is 1.45 bits per heavy atom. The van der Waals surface area contributed by atoms with E-state index in [-0.39, 0.29) is 16.4 Å². The highest BCUT2D eigenvalue weighted by Gasteiger charge is 2.63. The van der Waals surface area contributed by atoms with E-state index in [0.717, 1.165) is 4.68 Å². The number of nitrogens with zero attached hydrogens (tertiary/aromatic N) is 4. The molecule has 1 aliphatic rings. The second-order valence-electron chi connectivity index (χ2n) is 4.74. The van der Waals surface area contributed by atoms with Gasteiger partial charge in [-0.2, -0.15) is 28.4 Å². The summed E-state index contributed by atoms with van der Waals surface area (Å²) in [6.07, 6.45) is -5.77. The Bertz CT molecular complexity index is 593. The largest absolute Gasteiger partial charge is 0.438 e. The fourth-order valence-electron chi connectivity index (χ4n) is 2.07. The molecule has 1 aliphatic heterocycles. The molecule has 1 aromatic rings. The Hall–Kier alpha value is -1.90. The van der Waals surface area contributed by atoms with Crippen molar-refractivity contribution in [1.29, 1.82) is 0 Å². The van der Waals surface area contributed by atoms with Crippen LogP contribution in [0.5, 0.6) is 0 Å². The van der Waals surface area contributed by atoms with E-state index in [1.54, 1.807) is 6.92 Å². The van der Waals surface area contributed by atoms with Gasteiger partial charge < -0.3 is 5.11 Å². The highest BCUT2D eigenvalue weighted by molar-refractivity contribution is 5.96. The van der Waals surface area contributed by atoms with Crippen LogP contribution in [0.15, 0.2) is 11.2 Å². The second kappa shape index (κ2) is 4.30. The van der Waals surface area contributed by atoms with Gasteiger partial charge in [0.2, 0.25) is 0 Å². The third kappa shape index (κ3) is 2.07. The standard InChI is InChI=1S/C11H13F3N4O2/c1-6-4-8(17(3)15-6)9(19)18-10(20,11(12,13)14)5-7(2)16-18/h4,20H,5H2,1-3H3/t10-/m1/s1. The molecule has 0 fully saturated rings. The van der Waals surface area contributed by atoms with Gasteiger partial charge >= 0.3 is 6.18 Å². The maximum atomic E-state index is 13.0. The first kappa shape index (κ1) is 14.5. The highest BCUT2D eigenvalue weighted by Crippen LogP contribution is 2.40. The number of hydrogen-bond donors (Lipinski definition) is 1. The van der Waals surface area contributed by atoms with Gasteiger partial charge in [0.25, 0.3) is 11.6 Å². The highest BCUT2D eigenvalue weighted by atomic mass is 19.4. The molecule has 1 aromatic heterocycles. The zero-order chi connectivity index (χ0) is 15.3. The number of hydrogen-bond acceptors (Lipinski definition) is 4. The number of aromatic nitrogens is 2. The Balaban J connectivity index is 2.44. The topological polar surface area (TPSA) is 70.7 Å². The minimum Gasteiger partial charge on any atom is -0.362 e. The molecule has 0 aliphatic carbocycles. The third-order valence-corrected chi connectivity index (χ3v) is 2.99. The Morgan fingerprint density at radius 2 is 2.05 bits per heavy atom. The smallest absolute Gasteiger partial charge is 0.362 e. The van der Waals surface area contributed by atoms with Crippen LogP contribution in [-0.4, -0.2) is 43.4 Å². The number of halogens is 3. The van der Waals surface area contributed by atoms with Crippen molar-refractivity contribution in [1.82, 2.24) is 14.8 Å². The van der Waals surface area contributed by atoms with Crippen molar-refractivity contribution in [2.45, 2.75) is 32.2 Å². The summed E-state index contributed by atoms with van der Waals surface area (Å²) in [5.41, 5.74) is -2.89. The Kier molecular flexibility index (Phi) is 3.12. The van der Waals surface area contributed by atoms with Gasteiger partial charge in [-0.15, -0.1) is 0 Å². The lowest BCUT2D eigenvalue weighted by molar-refractivity contribution is -0.297. The van der Waals surface area contributed by atoms with Gasteiger partial charge in [0.1, 0.15) is 5.69 Å². The van der Waals surface area contributed by atoms with Crippen LogP contribution in [0, 0.1) is 6.92 Å². The van der Waals surface area contributed by atoms with E-state index in [4.69, 9.17) is 0 Å².